The van der Waals surface area contributed by atoms with Crippen LogP contribution in [-0.2, 0) is 4.79 Å². The molecule has 1 heterocycles. The number of carbonyl (C=O) groups excluding carboxylic acids is 2. The van der Waals surface area contributed by atoms with Crippen LogP contribution in [0.4, 0.5) is 10.1 Å². The first kappa shape index (κ1) is 16.2. The van der Waals surface area contributed by atoms with E-state index in [2.05, 4.69) is 5.32 Å². The molecule has 116 valence electrons. The van der Waals surface area contributed by atoms with Gasteiger partial charge in [-0.2, -0.15) is 0 Å². The molecular weight excluding hydrogens is 303 g/mol. The van der Waals surface area contributed by atoms with Crippen molar-refractivity contribution in [1.29, 1.82) is 0 Å². The number of nitrogens with zero attached hydrogens (tertiary/aromatic N) is 1. The van der Waals surface area contributed by atoms with Crippen molar-refractivity contribution in [3.05, 3.63) is 51.5 Å². The standard InChI is InChI=1S/C16H17FN2O2S/c1-10-8-14(11(2)22-10)16(21)19(3)9-15(20)18-13-6-4-12(17)5-7-13/h4-8H,9H2,1-3H3,(H,18,20). The minimum atomic E-state index is -0.367. The van der Waals surface area contributed by atoms with Gasteiger partial charge in [0.2, 0.25) is 5.91 Å². The molecule has 22 heavy (non-hydrogen) atoms. The summed E-state index contributed by atoms with van der Waals surface area (Å²) in [6.07, 6.45) is 0. The lowest BCUT2D eigenvalue weighted by Crippen LogP contribution is -2.35. The molecule has 6 heteroatoms. The van der Waals surface area contributed by atoms with Crippen molar-refractivity contribution >= 4 is 28.8 Å². The lowest BCUT2D eigenvalue weighted by Gasteiger charge is -2.16. The van der Waals surface area contributed by atoms with Crippen LogP contribution in [0.3, 0.4) is 0 Å². The van der Waals surface area contributed by atoms with E-state index in [1.54, 1.807) is 18.4 Å². The van der Waals surface area contributed by atoms with E-state index in [0.717, 1.165) is 9.75 Å². The third-order valence-corrected chi connectivity index (χ3v) is 4.09. The maximum Gasteiger partial charge on any atom is 0.255 e. The quantitative estimate of drug-likeness (QED) is 0.940. The number of thiophene rings is 1. The summed E-state index contributed by atoms with van der Waals surface area (Å²) in [6.45, 7) is 3.76. The van der Waals surface area contributed by atoms with E-state index in [4.69, 9.17) is 0 Å². The van der Waals surface area contributed by atoms with Gasteiger partial charge in [0.25, 0.3) is 5.91 Å². The number of nitrogens with one attached hydrogen (secondary N) is 1. The van der Waals surface area contributed by atoms with Crippen molar-refractivity contribution < 1.29 is 14.0 Å². The number of anilines is 1. The topological polar surface area (TPSA) is 49.4 Å². The number of hydrogen-bond donors (Lipinski definition) is 1. The molecule has 0 saturated heterocycles. The van der Waals surface area contributed by atoms with Crippen molar-refractivity contribution in [1.82, 2.24) is 4.90 Å². The molecule has 0 unspecified atom stereocenters. The zero-order chi connectivity index (χ0) is 16.3. The summed E-state index contributed by atoms with van der Waals surface area (Å²) in [4.78, 5) is 27.6. The Morgan fingerprint density at radius 3 is 2.41 bits per heavy atom. The molecule has 4 nitrogen and oxygen atoms in total. The van der Waals surface area contributed by atoms with E-state index >= 15 is 0 Å². The molecule has 0 aliphatic rings. The average molecular weight is 320 g/mol. The van der Waals surface area contributed by atoms with Gasteiger partial charge in [0.05, 0.1) is 12.1 Å². The van der Waals surface area contributed by atoms with Crippen LogP contribution in [0.2, 0.25) is 0 Å². The minimum absolute atomic E-state index is 0.0649. The lowest BCUT2D eigenvalue weighted by molar-refractivity contribution is -0.116. The first-order valence-electron chi connectivity index (χ1n) is 6.74. The largest absolute Gasteiger partial charge is 0.332 e. The molecule has 0 atom stereocenters. The van der Waals surface area contributed by atoms with Gasteiger partial charge in [-0.25, -0.2) is 4.39 Å². The summed E-state index contributed by atoms with van der Waals surface area (Å²) in [5.41, 5.74) is 1.12. The monoisotopic (exact) mass is 320 g/mol. The number of amides is 2. The highest BCUT2D eigenvalue weighted by atomic mass is 32.1. The molecule has 0 bridgehead atoms. The van der Waals surface area contributed by atoms with Gasteiger partial charge in [0, 0.05) is 22.5 Å². The predicted molar refractivity (Wildman–Crippen MR) is 85.8 cm³/mol. The van der Waals surface area contributed by atoms with Crippen molar-refractivity contribution in [3.63, 3.8) is 0 Å². The van der Waals surface area contributed by atoms with Crippen LogP contribution in [0.1, 0.15) is 20.1 Å². The number of likely N-dealkylation sites (N-methyl/N-ethyl adjacent to an activating group) is 1. The van der Waals surface area contributed by atoms with Gasteiger partial charge in [0.15, 0.2) is 0 Å². The molecule has 0 spiro atoms. The first-order valence-corrected chi connectivity index (χ1v) is 7.56. The van der Waals surface area contributed by atoms with Crippen LogP contribution in [0.15, 0.2) is 30.3 Å². The highest BCUT2D eigenvalue weighted by Gasteiger charge is 2.18. The van der Waals surface area contributed by atoms with Crippen molar-refractivity contribution in [3.8, 4) is 0 Å². The molecule has 0 saturated carbocycles. The fraction of sp³-hybridized carbons (Fsp3) is 0.250. The van der Waals surface area contributed by atoms with Crippen molar-refractivity contribution in [2.75, 3.05) is 18.9 Å². The van der Waals surface area contributed by atoms with E-state index in [0.29, 0.717) is 11.3 Å². The van der Waals surface area contributed by atoms with Gasteiger partial charge in [-0.1, -0.05) is 0 Å². The number of aryl methyl sites for hydroxylation is 2. The Balaban J connectivity index is 1.97. The Hall–Kier alpha value is -2.21. The van der Waals surface area contributed by atoms with Gasteiger partial charge >= 0.3 is 0 Å². The van der Waals surface area contributed by atoms with Crippen molar-refractivity contribution in [2.24, 2.45) is 0 Å². The molecule has 1 aromatic carbocycles. The third-order valence-electron chi connectivity index (χ3n) is 3.13. The van der Waals surface area contributed by atoms with Gasteiger partial charge < -0.3 is 10.2 Å². The molecule has 2 rings (SSSR count). The normalized spacial score (nSPS) is 10.4. The first-order chi connectivity index (χ1) is 10.4. The second-order valence-electron chi connectivity index (χ2n) is 5.04. The Labute approximate surface area is 132 Å². The molecule has 1 aromatic heterocycles. The highest BCUT2D eigenvalue weighted by molar-refractivity contribution is 7.12. The molecule has 0 fully saturated rings. The molecule has 2 aromatic rings. The van der Waals surface area contributed by atoms with Crippen molar-refractivity contribution in [2.45, 2.75) is 13.8 Å². The Bertz CT molecular complexity index is 695. The van der Waals surface area contributed by atoms with E-state index in [1.165, 1.54) is 29.2 Å². The lowest BCUT2D eigenvalue weighted by atomic mass is 10.2. The van der Waals surface area contributed by atoms with E-state index in [9.17, 15) is 14.0 Å². The molecular formula is C16H17FN2O2S. The van der Waals surface area contributed by atoms with Crippen LogP contribution in [0, 0.1) is 19.7 Å². The molecule has 1 N–H and O–H groups in total. The summed E-state index contributed by atoms with van der Waals surface area (Å²) in [5, 5.41) is 2.63. The summed E-state index contributed by atoms with van der Waals surface area (Å²) >= 11 is 1.55. The van der Waals surface area contributed by atoms with Crippen LogP contribution in [0.5, 0.6) is 0 Å². The molecule has 0 aliphatic heterocycles. The maximum absolute atomic E-state index is 12.8. The Kier molecular flexibility index (Phi) is 4.92. The number of carbonyl (C=O) groups is 2. The average Bonchev–Trinajstić information content (AvgIpc) is 2.79. The van der Waals surface area contributed by atoms with E-state index < -0.39 is 0 Å². The van der Waals surface area contributed by atoms with Crippen LogP contribution in [-0.4, -0.2) is 30.3 Å². The maximum atomic E-state index is 12.8. The molecule has 0 aliphatic carbocycles. The Morgan fingerprint density at radius 1 is 1.23 bits per heavy atom. The zero-order valence-electron chi connectivity index (χ0n) is 12.6. The number of hydrogen-bond acceptors (Lipinski definition) is 3. The summed E-state index contributed by atoms with van der Waals surface area (Å²) in [5.74, 6) is -0.878. The fourth-order valence-corrected chi connectivity index (χ4v) is 2.99. The van der Waals surface area contributed by atoms with Gasteiger partial charge in [-0.15, -0.1) is 11.3 Å². The van der Waals surface area contributed by atoms with E-state index in [-0.39, 0.29) is 24.2 Å². The van der Waals surface area contributed by atoms with Gasteiger partial charge in [-0.3, -0.25) is 9.59 Å². The summed E-state index contributed by atoms with van der Waals surface area (Å²) in [7, 11) is 1.58. The number of halogens is 1. The molecule has 2 amide bonds. The number of benzene rings is 1. The van der Waals surface area contributed by atoms with Crippen LogP contribution >= 0.6 is 11.3 Å². The SMILES string of the molecule is Cc1cc(C(=O)N(C)CC(=O)Nc2ccc(F)cc2)c(C)s1. The number of rotatable bonds is 4. The smallest absolute Gasteiger partial charge is 0.255 e. The van der Waals surface area contributed by atoms with Gasteiger partial charge in [-0.05, 0) is 44.2 Å². The predicted octanol–water partition coefficient (Wildman–Crippen LogP) is 3.21. The minimum Gasteiger partial charge on any atom is -0.332 e. The van der Waals surface area contributed by atoms with Crippen LogP contribution in [0.25, 0.3) is 0 Å². The zero-order valence-corrected chi connectivity index (χ0v) is 13.5. The highest BCUT2D eigenvalue weighted by Crippen LogP contribution is 2.21. The molecule has 0 radical (unpaired) electrons. The summed E-state index contributed by atoms with van der Waals surface area (Å²) < 4.78 is 12.8. The summed E-state index contributed by atoms with van der Waals surface area (Å²) in [6, 6.07) is 7.31. The van der Waals surface area contributed by atoms with Gasteiger partial charge in [0.1, 0.15) is 5.82 Å². The second-order valence-corrected chi connectivity index (χ2v) is 6.50. The third kappa shape index (κ3) is 3.92. The van der Waals surface area contributed by atoms with Crippen LogP contribution < -0.4 is 5.32 Å². The van der Waals surface area contributed by atoms with E-state index in [1.807, 2.05) is 19.9 Å². The Morgan fingerprint density at radius 2 is 1.86 bits per heavy atom. The fourth-order valence-electron chi connectivity index (χ4n) is 2.07. The second kappa shape index (κ2) is 6.70.